The lowest BCUT2D eigenvalue weighted by atomic mass is 10.1. The summed E-state index contributed by atoms with van der Waals surface area (Å²) in [4.78, 5) is 27.0. The minimum atomic E-state index is -3.74. The highest BCUT2D eigenvalue weighted by atomic mass is 32.2. The largest absolute Gasteiger partial charge is 0.357 e. The zero-order valence-electron chi connectivity index (χ0n) is 18.6. The second-order valence-electron chi connectivity index (χ2n) is 7.44. The molecule has 0 spiro atoms. The summed E-state index contributed by atoms with van der Waals surface area (Å²) in [6.07, 6.45) is 1.63. The van der Waals surface area contributed by atoms with Crippen molar-refractivity contribution in [3.63, 3.8) is 0 Å². The molecule has 0 aliphatic heterocycles. The number of hydrogen-bond acceptors (Lipinski definition) is 4. The van der Waals surface area contributed by atoms with Gasteiger partial charge in [0.1, 0.15) is 11.9 Å². The topological polar surface area (TPSA) is 86.8 Å². The van der Waals surface area contributed by atoms with Crippen molar-refractivity contribution >= 4 is 27.5 Å². The first-order chi connectivity index (χ1) is 15.2. The normalized spacial score (nSPS) is 12.1. The van der Waals surface area contributed by atoms with Gasteiger partial charge in [-0.25, -0.2) is 12.8 Å². The summed E-state index contributed by atoms with van der Waals surface area (Å²) >= 11 is 0. The number of nitrogens with one attached hydrogen (secondary N) is 1. The SMILES string of the molecule is CC[C@@H](C(=O)NC)N(Cc1ccccc1)C(=O)CCCN(c1ccccc1F)S(C)(=O)=O. The number of rotatable bonds is 11. The van der Waals surface area contributed by atoms with E-state index >= 15 is 0 Å². The van der Waals surface area contributed by atoms with E-state index in [4.69, 9.17) is 0 Å². The molecule has 2 aromatic carbocycles. The van der Waals surface area contributed by atoms with E-state index in [1.807, 2.05) is 37.3 Å². The lowest BCUT2D eigenvalue weighted by Gasteiger charge is -2.30. The van der Waals surface area contributed by atoms with E-state index in [1.54, 1.807) is 6.07 Å². The molecule has 2 amide bonds. The van der Waals surface area contributed by atoms with Gasteiger partial charge in [0, 0.05) is 26.6 Å². The molecule has 0 aliphatic rings. The van der Waals surface area contributed by atoms with Gasteiger partial charge in [-0.05, 0) is 30.5 Å². The van der Waals surface area contributed by atoms with E-state index < -0.39 is 21.9 Å². The highest BCUT2D eigenvalue weighted by Crippen LogP contribution is 2.22. The molecule has 0 saturated carbocycles. The van der Waals surface area contributed by atoms with E-state index in [9.17, 15) is 22.4 Å². The number of sulfonamides is 1. The molecule has 1 N–H and O–H groups in total. The van der Waals surface area contributed by atoms with Crippen molar-refractivity contribution < 1.29 is 22.4 Å². The van der Waals surface area contributed by atoms with E-state index in [0.717, 1.165) is 16.1 Å². The van der Waals surface area contributed by atoms with Crippen molar-refractivity contribution in [1.29, 1.82) is 0 Å². The van der Waals surface area contributed by atoms with Crippen LogP contribution >= 0.6 is 0 Å². The monoisotopic (exact) mass is 463 g/mol. The number of anilines is 1. The van der Waals surface area contributed by atoms with E-state index in [2.05, 4.69) is 5.32 Å². The van der Waals surface area contributed by atoms with Crippen LogP contribution in [-0.2, 0) is 26.2 Å². The molecule has 32 heavy (non-hydrogen) atoms. The highest BCUT2D eigenvalue weighted by molar-refractivity contribution is 7.92. The van der Waals surface area contributed by atoms with Crippen LogP contribution < -0.4 is 9.62 Å². The van der Waals surface area contributed by atoms with Crippen molar-refractivity contribution in [3.05, 3.63) is 66.0 Å². The number of para-hydroxylation sites is 1. The summed E-state index contributed by atoms with van der Waals surface area (Å²) in [7, 11) is -2.22. The number of carbonyl (C=O) groups is 2. The minimum Gasteiger partial charge on any atom is -0.357 e. The number of carbonyl (C=O) groups excluding carboxylic acids is 2. The maximum Gasteiger partial charge on any atom is 0.242 e. The molecular formula is C23H30FN3O4S. The van der Waals surface area contributed by atoms with Gasteiger partial charge in [0.05, 0.1) is 11.9 Å². The highest BCUT2D eigenvalue weighted by Gasteiger charge is 2.28. The molecule has 1 atom stereocenters. The molecule has 0 unspecified atom stereocenters. The Morgan fingerprint density at radius 1 is 1.06 bits per heavy atom. The number of hydrogen-bond donors (Lipinski definition) is 1. The fourth-order valence-electron chi connectivity index (χ4n) is 3.50. The van der Waals surface area contributed by atoms with E-state index in [1.165, 1.54) is 30.1 Å². The molecule has 0 radical (unpaired) electrons. The Morgan fingerprint density at radius 2 is 1.69 bits per heavy atom. The van der Waals surface area contributed by atoms with Gasteiger partial charge >= 0.3 is 0 Å². The fourth-order valence-corrected chi connectivity index (χ4v) is 4.47. The number of benzene rings is 2. The number of halogens is 1. The van der Waals surface area contributed by atoms with Gasteiger partial charge < -0.3 is 10.2 Å². The van der Waals surface area contributed by atoms with Gasteiger partial charge in [-0.2, -0.15) is 0 Å². The second-order valence-corrected chi connectivity index (χ2v) is 9.34. The summed E-state index contributed by atoms with van der Waals surface area (Å²) in [5.41, 5.74) is 0.827. The zero-order chi connectivity index (χ0) is 23.7. The zero-order valence-corrected chi connectivity index (χ0v) is 19.4. The molecule has 7 nitrogen and oxygen atoms in total. The third-order valence-electron chi connectivity index (χ3n) is 5.10. The predicted octanol–water partition coefficient (Wildman–Crippen LogP) is 2.93. The van der Waals surface area contributed by atoms with Crippen LogP contribution in [0.25, 0.3) is 0 Å². The fraction of sp³-hybridized carbons (Fsp3) is 0.391. The summed E-state index contributed by atoms with van der Waals surface area (Å²) in [6, 6.07) is 14.3. The Labute approximate surface area is 189 Å². The van der Waals surface area contributed by atoms with Crippen molar-refractivity contribution in [1.82, 2.24) is 10.2 Å². The van der Waals surface area contributed by atoms with Crippen molar-refractivity contribution in [2.75, 3.05) is 24.2 Å². The molecule has 0 aromatic heterocycles. The number of amides is 2. The third kappa shape index (κ3) is 6.78. The van der Waals surface area contributed by atoms with Crippen molar-refractivity contribution in [3.8, 4) is 0 Å². The van der Waals surface area contributed by atoms with Gasteiger partial charge in [0.15, 0.2) is 0 Å². The molecule has 0 heterocycles. The molecule has 2 aromatic rings. The lowest BCUT2D eigenvalue weighted by Crippen LogP contribution is -2.48. The Kier molecular flexibility index (Phi) is 9.19. The second kappa shape index (κ2) is 11.6. The van der Waals surface area contributed by atoms with Gasteiger partial charge in [0.2, 0.25) is 21.8 Å². The van der Waals surface area contributed by atoms with Crippen LogP contribution in [-0.4, -0.2) is 51.0 Å². The van der Waals surface area contributed by atoms with Crippen LogP contribution in [0.1, 0.15) is 31.7 Å². The smallest absolute Gasteiger partial charge is 0.242 e. The molecule has 0 saturated heterocycles. The van der Waals surface area contributed by atoms with E-state index in [-0.39, 0.29) is 43.4 Å². The molecule has 2 rings (SSSR count). The number of likely N-dealkylation sites (N-methyl/N-ethyl adjacent to an activating group) is 1. The van der Waals surface area contributed by atoms with Crippen LogP contribution in [0, 0.1) is 5.82 Å². The average molecular weight is 464 g/mol. The van der Waals surface area contributed by atoms with E-state index in [0.29, 0.717) is 6.42 Å². The first-order valence-corrected chi connectivity index (χ1v) is 12.3. The van der Waals surface area contributed by atoms with Gasteiger partial charge in [-0.3, -0.25) is 13.9 Å². The number of nitrogens with zero attached hydrogens (tertiary/aromatic N) is 2. The molecular weight excluding hydrogens is 433 g/mol. The summed E-state index contributed by atoms with van der Waals surface area (Å²) < 4.78 is 39.6. The standard InChI is InChI=1S/C23H30FN3O4S/c1-4-20(23(29)25-2)26(17-18-11-6-5-7-12-18)22(28)15-10-16-27(32(3,30)31)21-14-9-8-13-19(21)24/h5-9,11-14,20H,4,10,15-17H2,1-3H3,(H,25,29)/t20-/m0/s1. The first-order valence-electron chi connectivity index (χ1n) is 10.5. The Balaban J connectivity index is 2.17. The van der Waals surface area contributed by atoms with Crippen LogP contribution in [0.15, 0.2) is 54.6 Å². The van der Waals surface area contributed by atoms with Crippen LogP contribution in [0.2, 0.25) is 0 Å². The van der Waals surface area contributed by atoms with Gasteiger partial charge in [0.25, 0.3) is 0 Å². The first kappa shape index (κ1) is 25.3. The Hall–Kier alpha value is -2.94. The van der Waals surface area contributed by atoms with Gasteiger partial charge in [-0.15, -0.1) is 0 Å². The van der Waals surface area contributed by atoms with Crippen LogP contribution in [0.3, 0.4) is 0 Å². The average Bonchev–Trinajstić information content (AvgIpc) is 2.76. The van der Waals surface area contributed by atoms with Crippen molar-refractivity contribution in [2.24, 2.45) is 0 Å². The van der Waals surface area contributed by atoms with Crippen LogP contribution in [0.4, 0.5) is 10.1 Å². The van der Waals surface area contributed by atoms with Crippen molar-refractivity contribution in [2.45, 2.75) is 38.8 Å². The summed E-state index contributed by atoms with van der Waals surface area (Å²) in [5.74, 6) is -1.19. The lowest BCUT2D eigenvalue weighted by molar-refractivity contribution is -0.141. The minimum absolute atomic E-state index is 0.0147. The van der Waals surface area contributed by atoms with Gasteiger partial charge in [-0.1, -0.05) is 49.4 Å². The van der Waals surface area contributed by atoms with Crippen LogP contribution in [0.5, 0.6) is 0 Å². The summed E-state index contributed by atoms with van der Waals surface area (Å²) in [5, 5.41) is 2.60. The molecule has 9 heteroatoms. The maximum atomic E-state index is 14.2. The maximum absolute atomic E-state index is 14.2. The Bertz CT molecular complexity index is 1010. The molecule has 174 valence electrons. The molecule has 0 fully saturated rings. The predicted molar refractivity (Wildman–Crippen MR) is 123 cm³/mol. The molecule has 0 aliphatic carbocycles. The Morgan fingerprint density at radius 3 is 2.25 bits per heavy atom. The quantitative estimate of drug-likeness (QED) is 0.555. The third-order valence-corrected chi connectivity index (χ3v) is 6.28. The summed E-state index contributed by atoms with van der Waals surface area (Å²) in [6.45, 7) is 2.03. The molecule has 0 bridgehead atoms.